The first kappa shape index (κ1) is 12.4. The van der Waals surface area contributed by atoms with Crippen molar-refractivity contribution in [3.63, 3.8) is 0 Å². The van der Waals surface area contributed by atoms with Gasteiger partial charge >= 0.3 is 0 Å². The van der Waals surface area contributed by atoms with E-state index in [0.29, 0.717) is 18.1 Å². The fourth-order valence-corrected chi connectivity index (χ4v) is 4.17. The van der Waals surface area contributed by atoms with Gasteiger partial charge in [-0.05, 0) is 55.5 Å². The smallest absolute Gasteiger partial charge is 0.0638 e. The van der Waals surface area contributed by atoms with E-state index in [1.165, 1.54) is 34.4 Å². The van der Waals surface area contributed by atoms with Gasteiger partial charge in [0.25, 0.3) is 0 Å². The molecule has 0 aliphatic carbocycles. The summed E-state index contributed by atoms with van der Waals surface area (Å²) >= 11 is 0. The van der Waals surface area contributed by atoms with Gasteiger partial charge in [0, 0.05) is 25.0 Å². The Morgan fingerprint density at radius 2 is 2.05 bits per heavy atom. The van der Waals surface area contributed by atoms with E-state index in [0.717, 1.165) is 13.2 Å². The van der Waals surface area contributed by atoms with Gasteiger partial charge in [-0.15, -0.1) is 0 Å². The highest BCUT2D eigenvalue weighted by molar-refractivity contribution is 5.64. The molecule has 3 heterocycles. The molecule has 0 spiro atoms. The number of hydrogen-bond acceptors (Lipinski definition) is 3. The van der Waals surface area contributed by atoms with E-state index in [1.54, 1.807) is 0 Å². The van der Waals surface area contributed by atoms with Crippen molar-refractivity contribution >= 4 is 6.08 Å². The minimum Gasteiger partial charge on any atom is -0.367 e. The van der Waals surface area contributed by atoms with Crippen molar-refractivity contribution < 1.29 is 0 Å². The van der Waals surface area contributed by atoms with Crippen LogP contribution in [0.3, 0.4) is 0 Å². The first-order valence-corrected chi connectivity index (χ1v) is 7.72. The molecule has 3 aliphatic heterocycles. The Morgan fingerprint density at radius 1 is 1.20 bits per heavy atom. The predicted molar refractivity (Wildman–Crippen MR) is 82.3 cm³/mol. The highest BCUT2D eigenvalue weighted by atomic mass is 15.3. The number of hydrogen-bond donors (Lipinski definition) is 2. The van der Waals surface area contributed by atoms with Gasteiger partial charge in [-0.1, -0.05) is 12.1 Å². The topological polar surface area (TPSA) is 27.3 Å². The molecule has 0 amide bonds. The van der Waals surface area contributed by atoms with Crippen LogP contribution in [0.25, 0.3) is 6.08 Å². The molecule has 0 saturated carbocycles. The largest absolute Gasteiger partial charge is 0.367 e. The minimum atomic E-state index is 0.487. The maximum absolute atomic E-state index is 3.61. The van der Waals surface area contributed by atoms with Crippen LogP contribution in [0.15, 0.2) is 17.8 Å². The normalized spacial score (nSPS) is 31.4. The van der Waals surface area contributed by atoms with E-state index in [9.17, 15) is 0 Å². The lowest BCUT2D eigenvalue weighted by Gasteiger charge is -2.45. The van der Waals surface area contributed by atoms with Crippen molar-refractivity contribution in [1.29, 1.82) is 0 Å². The summed E-state index contributed by atoms with van der Waals surface area (Å²) in [5, 5.41) is 7.19. The number of rotatable bonds is 0. The van der Waals surface area contributed by atoms with Gasteiger partial charge in [-0.25, -0.2) is 0 Å². The van der Waals surface area contributed by atoms with Gasteiger partial charge < -0.3 is 4.90 Å². The Hall–Kier alpha value is -1.32. The van der Waals surface area contributed by atoms with E-state index >= 15 is 0 Å². The molecule has 0 radical (unpaired) electrons. The molecule has 3 nitrogen and oxygen atoms in total. The van der Waals surface area contributed by atoms with Crippen LogP contribution in [0.5, 0.6) is 0 Å². The van der Waals surface area contributed by atoms with Crippen molar-refractivity contribution in [2.75, 3.05) is 13.2 Å². The van der Waals surface area contributed by atoms with Gasteiger partial charge in [0.15, 0.2) is 0 Å². The van der Waals surface area contributed by atoms with Crippen molar-refractivity contribution in [2.24, 2.45) is 0 Å². The van der Waals surface area contributed by atoms with Crippen LogP contribution in [-0.2, 0) is 0 Å². The zero-order valence-corrected chi connectivity index (χ0v) is 12.5. The average molecular weight is 269 g/mol. The van der Waals surface area contributed by atoms with Crippen molar-refractivity contribution in [3.05, 3.63) is 40.1 Å². The summed E-state index contributed by atoms with van der Waals surface area (Å²) < 4.78 is 0. The highest BCUT2D eigenvalue weighted by Crippen LogP contribution is 2.41. The van der Waals surface area contributed by atoms with Crippen LogP contribution < -0.4 is 10.6 Å². The summed E-state index contributed by atoms with van der Waals surface area (Å²) in [5.74, 6) is 0. The van der Waals surface area contributed by atoms with E-state index in [1.807, 2.05) is 0 Å². The van der Waals surface area contributed by atoms with Gasteiger partial charge in [-0.3, -0.25) is 10.6 Å². The molecule has 0 bridgehead atoms. The summed E-state index contributed by atoms with van der Waals surface area (Å²) in [4.78, 5) is 2.61. The zero-order valence-electron chi connectivity index (χ0n) is 12.5. The summed E-state index contributed by atoms with van der Waals surface area (Å²) in [6.07, 6.45) is 3.65. The maximum atomic E-state index is 3.61. The average Bonchev–Trinajstić information content (AvgIpc) is 2.92. The van der Waals surface area contributed by atoms with Gasteiger partial charge in [-0.2, -0.15) is 0 Å². The molecular formula is C17H23N3. The molecule has 0 aromatic heterocycles. The van der Waals surface area contributed by atoms with Crippen molar-refractivity contribution in [1.82, 2.24) is 15.5 Å². The Morgan fingerprint density at radius 3 is 2.90 bits per heavy atom. The van der Waals surface area contributed by atoms with E-state index < -0.39 is 0 Å². The molecule has 4 rings (SSSR count). The third-order valence-corrected chi connectivity index (χ3v) is 5.43. The molecule has 2 N–H and O–H groups in total. The van der Waals surface area contributed by atoms with Crippen LogP contribution in [0.4, 0.5) is 0 Å². The van der Waals surface area contributed by atoms with E-state index in [-0.39, 0.29) is 0 Å². The Bertz CT molecular complexity index is 590. The third-order valence-electron chi connectivity index (χ3n) is 5.43. The lowest BCUT2D eigenvalue weighted by molar-refractivity contribution is 0.198. The number of piperidine rings is 1. The van der Waals surface area contributed by atoms with Gasteiger partial charge in [0.05, 0.1) is 12.1 Å². The van der Waals surface area contributed by atoms with Crippen LogP contribution in [0.2, 0.25) is 0 Å². The fourth-order valence-electron chi connectivity index (χ4n) is 4.17. The number of fused-ring (bicyclic) bond motifs is 4. The molecule has 2 fully saturated rings. The first-order valence-electron chi connectivity index (χ1n) is 7.72. The zero-order chi connectivity index (χ0) is 13.9. The predicted octanol–water partition coefficient (Wildman–Crippen LogP) is 2.31. The first-order chi connectivity index (χ1) is 9.66. The van der Waals surface area contributed by atoms with Crippen LogP contribution in [0, 0.1) is 13.8 Å². The van der Waals surface area contributed by atoms with Crippen LogP contribution in [0.1, 0.15) is 41.6 Å². The van der Waals surface area contributed by atoms with E-state index in [4.69, 9.17) is 0 Å². The third kappa shape index (κ3) is 1.60. The summed E-state index contributed by atoms with van der Waals surface area (Å²) in [5.41, 5.74) is 7.29. The lowest BCUT2D eigenvalue weighted by atomic mass is 9.84. The fraction of sp³-hybridized carbons (Fsp3) is 0.529. The second-order valence-corrected chi connectivity index (χ2v) is 6.41. The molecule has 1 aromatic rings. The Balaban J connectivity index is 1.86. The van der Waals surface area contributed by atoms with Crippen LogP contribution in [-0.4, -0.2) is 30.2 Å². The SMILES string of the molecule is Cc1ccc2c(c1C)C(C)N1CCC3NCNC3C1=C2. The van der Waals surface area contributed by atoms with Crippen LogP contribution >= 0.6 is 0 Å². The quantitative estimate of drug-likeness (QED) is 0.757. The molecular weight excluding hydrogens is 246 g/mol. The number of nitrogens with one attached hydrogen (secondary N) is 2. The van der Waals surface area contributed by atoms with Gasteiger partial charge in [0.1, 0.15) is 0 Å². The Labute approximate surface area is 121 Å². The van der Waals surface area contributed by atoms with Crippen molar-refractivity contribution in [3.8, 4) is 0 Å². The molecule has 3 unspecified atom stereocenters. The molecule has 3 aliphatic rings. The molecule has 106 valence electrons. The second kappa shape index (κ2) is 4.34. The monoisotopic (exact) mass is 269 g/mol. The Kier molecular flexibility index (Phi) is 2.69. The van der Waals surface area contributed by atoms with E-state index in [2.05, 4.69) is 54.5 Å². The molecule has 2 saturated heterocycles. The summed E-state index contributed by atoms with van der Waals surface area (Å²) in [6, 6.07) is 6.14. The lowest BCUT2D eigenvalue weighted by Crippen LogP contribution is -2.50. The molecule has 20 heavy (non-hydrogen) atoms. The second-order valence-electron chi connectivity index (χ2n) is 6.41. The summed E-state index contributed by atoms with van der Waals surface area (Å²) in [7, 11) is 0. The molecule has 3 heteroatoms. The molecule has 1 aromatic carbocycles. The molecule has 3 atom stereocenters. The number of benzene rings is 1. The summed E-state index contributed by atoms with van der Waals surface area (Å²) in [6.45, 7) is 8.95. The van der Waals surface area contributed by atoms with Gasteiger partial charge in [0.2, 0.25) is 0 Å². The maximum Gasteiger partial charge on any atom is 0.0638 e. The number of aryl methyl sites for hydroxylation is 1. The highest BCUT2D eigenvalue weighted by Gasteiger charge is 2.40. The van der Waals surface area contributed by atoms with Crippen molar-refractivity contribution in [2.45, 2.75) is 45.3 Å². The number of nitrogens with zero attached hydrogens (tertiary/aromatic N) is 1. The minimum absolute atomic E-state index is 0.487. The standard InChI is InChI=1S/C17H23N3/c1-10-4-5-13-8-15-17-14(18-9-19-17)6-7-20(15)12(3)16(13)11(10)2/h4-5,8,12,14,17-19H,6-7,9H2,1-3H3.